The molecule has 20 heavy (non-hydrogen) atoms. The van der Waals surface area contributed by atoms with Crippen molar-refractivity contribution in [1.82, 2.24) is 0 Å². The smallest absolute Gasteiger partial charge is 0.228 e. The third-order valence-electron chi connectivity index (χ3n) is 3.48. The van der Waals surface area contributed by atoms with Gasteiger partial charge in [0, 0.05) is 17.1 Å². The van der Waals surface area contributed by atoms with Gasteiger partial charge >= 0.3 is 0 Å². The zero-order valence-electron chi connectivity index (χ0n) is 10.8. The van der Waals surface area contributed by atoms with E-state index in [0.717, 1.165) is 16.8 Å². The van der Waals surface area contributed by atoms with E-state index in [1.807, 2.05) is 36.4 Å². The normalized spacial score (nSPS) is 14.8. The Morgan fingerprint density at radius 1 is 1.25 bits per heavy atom. The number of nitrogens with one attached hydrogen (secondary N) is 1. The van der Waals surface area contributed by atoms with Gasteiger partial charge in [-0.25, -0.2) is 0 Å². The van der Waals surface area contributed by atoms with Gasteiger partial charge in [-0.15, -0.1) is 0 Å². The van der Waals surface area contributed by atoms with Crippen LogP contribution in [0.15, 0.2) is 42.5 Å². The van der Waals surface area contributed by atoms with Crippen molar-refractivity contribution in [3.05, 3.63) is 64.2 Å². The van der Waals surface area contributed by atoms with Crippen LogP contribution in [0.3, 0.4) is 0 Å². The van der Waals surface area contributed by atoms with Crippen molar-refractivity contribution >= 4 is 23.2 Å². The van der Waals surface area contributed by atoms with Crippen molar-refractivity contribution in [2.75, 3.05) is 5.32 Å². The maximum atomic E-state index is 11.4. The van der Waals surface area contributed by atoms with Gasteiger partial charge in [0.2, 0.25) is 5.91 Å². The number of carbonyl (C=O) groups excluding carboxylic acids is 1. The fourth-order valence-electron chi connectivity index (χ4n) is 2.47. The highest BCUT2D eigenvalue weighted by atomic mass is 35.5. The van der Waals surface area contributed by atoms with E-state index in [2.05, 4.69) is 5.32 Å². The standard InChI is InChI=1S/C16H14ClNO2/c17-13-9-14-11(8-16(20)18-14)7-12(13)15(19)6-10-4-2-1-3-5-10/h1-5,7,9,15,19H,6,8H2,(H,18,20). The maximum absolute atomic E-state index is 11.4. The molecule has 3 rings (SSSR count). The molecule has 0 fully saturated rings. The molecule has 0 aromatic heterocycles. The lowest BCUT2D eigenvalue weighted by Crippen LogP contribution is -2.03. The highest BCUT2D eigenvalue weighted by Crippen LogP contribution is 2.33. The zero-order valence-corrected chi connectivity index (χ0v) is 11.5. The minimum atomic E-state index is -0.675. The van der Waals surface area contributed by atoms with E-state index < -0.39 is 6.10 Å². The Labute approximate surface area is 122 Å². The fourth-order valence-corrected chi connectivity index (χ4v) is 2.76. The highest BCUT2D eigenvalue weighted by molar-refractivity contribution is 6.32. The van der Waals surface area contributed by atoms with E-state index in [1.54, 1.807) is 6.07 Å². The van der Waals surface area contributed by atoms with Crippen LogP contribution in [0.1, 0.15) is 22.8 Å². The van der Waals surface area contributed by atoms with Gasteiger partial charge in [-0.05, 0) is 28.8 Å². The predicted octanol–water partition coefficient (Wildman–Crippen LogP) is 3.11. The monoisotopic (exact) mass is 287 g/mol. The first kappa shape index (κ1) is 13.2. The number of hydrogen-bond acceptors (Lipinski definition) is 2. The molecule has 102 valence electrons. The van der Waals surface area contributed by atoms with Gasteiger partial charge < -0.3 is 10.4 Å². The summed E-state index contributed by atoms with van der Waals surface area (Å²) in [5.41, 5.74) is 3.36. The lowest BCUT2D eigenvalue weighted by atomic mass is 9.99. The summed E-state index contributed by atoms with van der Waals surface area (Å²) in [6.45, 7) is 0. The molecule has 1 aliphatic heterocycles. The molecule has 1 heterocycles. The molecular weight excluding hydrogens is 274 g/mol. The van der Waals surface area contributed by atoms with Crippen LogP contribution in [0.25, 0.3) is 0 Å². The molecule has 0 saturated carbocycles. The van der Waals surface area contributed by atoms with Crippen LogP contribution in [0.2, 0.25) is 5.02 Å². The maximum Gasteiger partial charge on any atom is 0.228 e. The zero-order chi connectivity index (χ0) is 14.1. The number of anilines is 1. The molecule has 2 aromatic rings. The van der Waals surface area contributed by atoms with Crippen molar-refractivity contribution in [1.29, 1.82) is 0 Å². The molecular formula is C16H14ClNO2. The van der Waals surface area contributed by atoms with Crippen molar-refractivity contribution in [3.8, 4) is 0 Å². The van der Waals surface area contributed by atoms with Gasteiger partial charge in [-0.3, -0.25) is 4.79 Å². The van der Waals surface area contributed by atoms with Crippen LogP contribution >= 0.6 is 11.6 Å². The summed E-state index contributed by atoms with van der Waals surface area (Å²) < 4.78 is 0. The first-order valence-corrected chi connectivity index (χ1v) is 6.85. The SMILES string of the molecule is O=C1Cc2cc(C(O)Cc3ccccc3)c(Cl)cc2N1. The van der Waals surface area contributed by atoms with E-state index in [1.165, 1.54) is 0 Å². The van der Waals surface area contributed by atoms with Crippen molar-refractivity contribution in [2.24, 2.45) is 0 Å². The molecule has 0 saturated heterocycles. The summed E-state index contributed by atoms with van der Waals surface area (Å²) in [6.07, 6.45) is 0.170. The Balaban J connectivity index is 1.87. The number of benzene rings is 2. The van der Waals surface area contributed by atoms with Gasteiger partial charge in [-0.2, -0.15) is 0 Å². The summed E-state index contributed by atoms with van der Waals surface area (Å²) in [6, 6.07) is 13.3. The van der Waals surface area contributed by atoms with E-state index in [-0.39, 0.29) is 5.91 Å². The van der Waals surface area contributed by atoms with E-state index in [0.29, 0.717) is 23.4 Å². The largest absolute Gasteiger partial charge is 0.388 e. The molecule has 2 N–H and O–H groups in total. The molecule has 1 aliphatic rings. The van der Waals surface area contributed by atoms with Crippen LogP contribution in [0.4, 0.5) is 5.69 Å². The quantitative estimate of drug-likeness (QED) is 0.911. The van der Waals surface area contributed by atoms with Gasteiger partial charge in [-0.1, -0.05) is 41.9 Å². The topological polar surface area (TPSA) is 49.3 Å². The summed E-state index contributed by atoms with van der Waals surface area (Å²) >= 11 is 6.21. The Morgan fingerprint density at radius 3 is 2.75 bits per heavy atom. The van der Waals surface area contributed by atoms with E-state index in [9.17, 15) is 9.90 Å². The lowest BCUT2D eigenvalue weighted by molar-refractivity contribution is -0.115. The number of rotatable bonds is 3. The fraction of sp³-hybridized carbons (Fsp3) is 0.188. The van der Waals surface area contributed by atoms with Crippen LogP contribution in [-0.4, -0.2) is 11.0 Å². The second-order valence-electron chi connectivity index (χ2n) is 4.96. The second kappa shape index (κ2) is 5.27. The minimum Gasteiger partial charge on any atom is -0.388 e. The number of amides is 1. The molecule has 0 spiro atoms. The molecule has 0 radical (unpaired) electrons. The van der Waals surface area contributed by atoms with Crippen LogP contribution in [-0.2, 0) is 17.6 Å². The summed E-state index contributed by atoms with van der Waals surface area (Å²) in [7, 11) is 0. The minimum absolute atomic E-state index is 0.0363. The Kier molecular flexibility index (Phi) is 3.47. The van der Waals surface area contributed by atoms with Gasteiger partial charge in [0.25, 0.3) is 0 Å². The summed E-state index contributed by atoms with van der Waals surface area (Å²) in [5.74, 6) is -0.0363. The Hall–Kier alpha value is -1.84. The van der Waals surface area contributed by atoms with Crippen LogP contribution in [0.5, 0.6) is 0 Å². The number of aliphatic hydroxyl groups excluding tert-OH is 1. The summed E-state index contributed by atoms with van der Waals surface area (Å²) in [5, 5.41) is 13.6. The Bertz CT molecular complexity index is 655. The average Bonchev–Trinajstić information content (AvgIpc) is 2.78. The highest BCUT2D eigenvalue weighted by Gasteiger charge is 2.22. The number of halogens is 1. The lowest BCUT2D eigenvalue weighted by Gasteiger charge is -2.14. The molecule has 0 aliphatic carbocycles. The molecule has 0 bridgehead atoms. The number of carbonyl (C=O) groups is 1. The second-order valence-corrected chi connectivity index (χ2v) is 5.37. The van der Waals surface area contributed by atoms with Crippen molar-refractivity contribution in [2.45, 2.75) is 18.9 Å². The number of hydrogen-bond donors (Lipinski definition) is 2. The molecule has 2 aromatic carbocycles. The van der Waals surface area contributed by atoms with Gasteiger partial charge in [0.15, 0.2) is 0 Å². The molecule has 3 nitrogen and oxygen atoms in total. The summed E-state index contributed by atoms with van der Waals surface area (Å²) in [4.78, 5) is 11.4. The molecule has 4 heteroatoms. The van der Waals surface area contributed by atoms with Crippen LogP contribution < -0.4 is 5.32 Å². The van der Waals surface area contributed by atoms with Gasteiger partial charge in [0.1, 0.15) is 0 Å². The molecule has 1 unspecified atom stereocenters. The first-order chi connectivity index (χ1) is 9.63. The number of fused-ring (bicyclic) bond motifs is 1. The molecule has 1 amide bonds. The van der Waals surface area contributed by atoms with E-state index in [4.69, 9.17) is 11.6 Å². The predicted molar refractivity (Wildman–Crippen MR) is 78.9 cm³/mol. The third-order valence-corrected chi connectivity index (χ3v) is 3.81. The van der Waals surface area contributed by atoms with Crippen LogP contribution in [0, 0.1) is 0 Å². The Morgan fingerprint density at radius 2 is 2.00 bits per heavy atom. The first-order valence-electron chi connectivity index (χ1n) is 6.47. The third kappa shape index (κ3) is 2.55. The van der Waals surface area contributed by atoms with Crippen molar-refractivity contribution in [3.63, 3.8) is 0 Å². The van der Waals surface area contributed by atoms with Crippen molar-refractivity contribution < 1.29 is 9.90 Å². The van der Waals surface area contributed by atoms with Gasteiger partial charge in [0.05, 0.1) is 12.5 Å². The average molecular weight is 288 g/mol. The molecule has 1 atom stereocenters. The number of aliphatic hydroxyl groups is 1. The van der Waals surface area contributed by atoms with E-state index >= 15 is 0 Å².